The van der Waals surface area contributed by atoms with Crippen LogP contribution in [0.5, 0.6) is 23.0 Å². The molecule has 0 bridgehead atoms. The van der Waals surface area contributed by atoms with E-state index in [0.717, 1.165) is 12.8 Å². The third kappa shape index (κ3) is 4.85. The topological polar surface area (TPSA) is 87.0 Å². The molecule has 158 valence electrons. The molecule has 0 aromatic heterocycles. The van der Waals surface area contributed by atoms with Gasteiger partial charge in [0.25, 0.3) is 0 Å². The Hall–Kier alpha value is -3.21. The van der Waals surface area contributed by atoms with Gasteiger partial charge in [-0.1, -0.05) is 29.4 Å². The van der Waals surface area contributed by atoms with Gasteiger partial charge in [-0.2, -0.15) is 0 Å². The molecule has 3 rings (SSSR count). The predicted molar refractivity (Wildman–Crippen MR) is 116 cm³/mol. The van der Waals surface area contributed by atoms with Gasteiger partial charge >= 0.3 is 0 Å². The van der Waals surface area contributed by atoms with E-state index in [1.54, 1.807) is 12.1 Å². The Labute approximate surface area is 177 Å². The lowest BCUT2D eigenvalue weighted by molar-refractivity contribution is 0.0848. The second kappa shape index (κ2) is 9.08. The molecule has 3 N–H and O–H groups in total. The summed E-state index contributed by atoms with van der Waals surface area (Å²) in [5.74, 6) is -0.148. The minimum atomic E-state index is -0.604. The molecule has 2 aromatic rings. The van der Waals surface area contributed by atoms with Crippen LogP contribution < -0.4 is 4.74 Å². The van der Waals surface area contributed by atoms with Crippen molar-refractivity contribution in [1.82, 2.24) is 0 Å². The number of rotatable bonds is 6. The first-order valence-electron chi connectivity index (χ1n) is 10.1. The fourth-order valence-electron chi connectivity index (χ4n) is 3.61. The van der Waals surface area contributed by atoms with Gasteiger partial charge in [-0.15, -0.1) is 0 Å². The normalized spacial score (nSPS) is 16.0. The summed E-state index contributed by atoms with van der Waals surface area (Å²) >= 11 is 0. The van der Waals surface area contributed by atoms with Gasteiger partial charge in [-0.3, -0.25) is 4.79 Å². The van der Waals surface area contributed by atoms with Crippen LogP contribution in [0.2, 0.25) is 0 Å². The number of allylic oxidation sites excluding steroid dienone is 4. The highest BCUT2D eigenvalue weighted by molar-refractivity contribution is 6.00. The largest absolute Gasteiger partial charge is 0.508 e. The first-order chi connectivity index (χ1) is 14.3. The van der Waals surface area contributed by atoms with Crippen molar-refractivity contribution < 1.29 is 24.9 Å². The predicted octanol–water partition coefficient (Wildman–Crippen LogP) is 5.75. The number of aromatic hydroxyl groups is 3. The molecule has 0 saturated heterocycles. The summed E-state index contributed by atoms with van der Waals surface area (Å²) in [4.78, 5) is 12.6. The Morgan fingerprint density at radius 1 is 1.10 bits per heavy atom. The molecule has 1 unspecified atom stereocenters. The quantitative estimate of drug-likeness (QED) is 0.419. The summed E-state index contributed by atoms with van der Waals surface area (Å²) in [7, 11) is 0. The summed E-state index contributed by atoms with van der Waals surface area (Å²) < 4.78 is 6.00. The summed E-state index contributed by atoms with van der Waals surface area (Å²) in [6.07, 6.45) is 6.00. The highest BCUT2D eigenvalue weighted by Crippen LogP contribution is 2.41. The van der Waals surface area contributed by atoms with E-state index in [0.29, 0.717) is 28.9 Å². The number of carbonyl (C=O) groups is 1. The number of hydrogen-bond acceptors (Lipinski definition) is 5. The average Bonchev–Trinajstić information content (AvgIpc) is 2.68. The van der Waals surface area contributed by atoms with Gasteiger partial charge in [0.1, 0.15) is 17.6 Å². The number of hydrogen-bond donors (Lipinski definition) is 3. The van der Waals surface area contributed by atoms with E-state index >= 15 is 0 Å². The molecule has 0 aliphatic carbocycles. The van der Waals surface area contributed by atoms with Crippen LogP contribution in [0, 0.1) is 0 Å². The molecule has 0 fully saturated rings. The molecule has 1 aliphatic rings. The second-order valence-electron chi connectivity index (χ2n) is 7.99. The first kappa shape index (κ1) is 21.5. The smallest absolute Gasteiger partial charge is 0.170 e. The van der Waals surface area contributed by atoms with Crippen LogP contribution >= 0.6 is 0 Å². The third-order valence-corrected chi connectivity index (χ3v) is 5.30. The number of fused-ring (bicyclic) bond motifs is 1. The van der Waals surface area contributed by atoms with Crippen LogP contribution in [0.3, 0.4) is 0 Å². The van der Waals surface area contributed by atoms with E-state index in [1.165, 1.54) is 29.3 Å². The minimum absolute atomic E-state index is 0.0194. The molecule has 0 spiro atoms. The van der Waals surface area contributed by atoms with Crippen LogP contribution in [-0.4, -0.2) is 21.1 Å². The molecule has 30 heavy (non-hydrogen) atoms. The maximum absolute atomic E-state index is 12.6. The van der Waals surface area contributed by atoms with Crippen molar-refractivity contribution in [3.63, 3.8) is 0 Å². The van der Waals surface area contributed by atoms with Gasteiger partial charge in [0.05, 0.1) is 12.0 Å². The molecule has 0 saturated carbocycles. The Kier molecular flexibility index (Phi) is 6.50. The Morgan fingerprint density at radius 3 is 2.60 bits per heavy atom. The summed E-state index contributed by atoms with van der Waals surface area (Å²) in [5, 5.41) is 30.3. The van der Waals surface area contributed by atoms with E-state index in [4.69, 9.17) is 4.74 Å². The van der Waals surface area contributed by atoms with Crippen molar-refractivity contribution in [3.8, 4) is 23.0 Å². The Balaban J connectivity index is 1.88. The number of ketones is 1. The van der Waals surface area contributed by atoms with Crippen molar-refractivity contribution in [1.29, 1.82) is 0 Å². The molecule has 1 heterocycles. The van der Waals surface area contributed by atoms with Crippen molar-refractivity contribution in [2.24, 2.45) is 0 Å². The molecule has 0 radical (unpaired) electrons. The van der Waals surface area contributed by atoms with Crippen LogP contribution in [0.1, 0.15) is 67.6 Å². The molecular formula is C25H28O5. The zero-order valence-electron chi connectivity index (χ0n) is 17.6. The molecule has 5 heteroatoms. The number of benzene rings is 2. The van der Waals surface area contributed by atoms with Crippen molar-refractivity contribution in [2.45, 2.75) is 52.6 Å². The number of phenols is 3. The molecule has 0 amide bonds. The van der Waals surface area contributed by atoms with Crippen molar-refractivity contribution >= 4 is 5.78 Å². The molecule has 2 aromatic carbocycles. The van der Waals surface area contributed by atoms with E-state index in [-0.39, 0.29) is 29.5 Å². The lowest BCUT2D eigenvalue weighted by Gasteiger charge is -2.27. The number of ether oxygens (including phenoxy) is 1. The average molecular weight is 408 g/mol. The number of Topliss-reactive ketones (excluding diaryl/α,β-unsaturated/α-hetero) is 1. The van der Waals surface area contributed by atoms with Crippen molar-refractivity contribution in [2.75, 3.05) is 0 Å². The van der Waals surface area contributed by atoms with Gasteiger partial charge in [0, 0.05) is 17.2 Å². The van der Waals surface area contributed by atoms with Gasteiger partial charge in [0.2, 0.25) is 0 Å². The molecule has 1 atom stereocenters. The van der Waals surface area contributed by atoms with Gasteiger partial charge < -0.3 is 20.1 Å². The summed E-state index contributed by atoms with van der Waals surface area (Å²) in [6.45, 7) is 6.18. The highest BCUT2D eigenvalue weighted by Gasteiger charge is 2.30. The van der Waals surface area contributed by atoms with E-state index in [1.807, 2.05) is 13.0 Å². The lowest BCUT2D eigenvalue weighted by Crippen LogP contribution is -2.21. The zero-order chi connectivity index (χ0) is 21.8. The van der Waals surface area contributed by atoms with Gasteiger partial charge in [-0.05, 0) is 58.2 Å². The maximum atomic E-state index is 12.6. The number of phenolic OH excluding ortho intramolecular Hbond substituents is 3. The number of carbonyl (C=O) groups excluding carboxylic acids is 1. The first-order valence-corrected chi connectivity index (χ1v) is 10.1. The second-order valence-corrected chi connectivity index (χ2v) is 7.99. The Bertz CT molecular complexity index is 1010. The van der Waals surface area contributed by atoms with Crippen LogP contribution in [0.25, 0.3) is 0 Å². The minimum Gasteiger partial charge on any atom is -0.508 e. The standard InChI is InChI=1S/C25H28O5/c1-15(2)5-4-6-16(3)7-9-19-18(11-12-21(27)25(19)29)24-14-22(28)20-10-8-17(26)13-23(20)30-24/h5,7-8,10-13,24,26-27,29H,4,6,9,14H2,1-3H3/b16-7-. The van der Waals surface area contributed by atoms with E-state index < -0.39 is 6.10 Å². The molecular weight excluding hydrogens is 380 g/mol. The summed E-state index contributed by atoms with van der Waals surface area (Å²) in [6, 6.07) is 7.53. The fourth-order valence-corrected chi connectivity index (χ4v) is 3.61. The fraction of sp³-hybridized carbons (Fsp3) is 0.320. The third-order valence-electron chi connectivity index (χ3n) is 5.30. The maximum Gasteiger partial charge on any atom is 0.170 e. The van der Waals surface area contributed by atoms with Crippen molar-refractivity contribution in [3.05, 3.63) is 70.3 Å². The van der Waals surface area contributed by atoms with E-state index in [2.05, 4.69) is 19.9 Å². The monoisotopic (exact) mass is 408 g/mol. The lowest BCUT2D eigenvalue weighted by atomic mass is 9.91. The SMILES string of the molecule is CC(C)=CCC/C(C)=C\Cc1c(C2CC(=O)c3ccc(O)cc3O2)ccc(O)c1O. The van der Waals surface area contributed by atoms with Gasteiger partial charge in [0.15, 0.2) is 17.3 Å². The van der Waals surface area contributed by atoms with Crippen LogP contribution in [0.4, 0.5) is 0 Å². The molecule has 5 nitrogen and oxygen atoms in total. The zero-order valence-corrected chi connectivity index (χ0v) is 17.6. The van der Waals surface area contributed by atoms with Crippen LogP contribution in [0.15, 0.2) is 53.6 Å². The van der Waals surface area contributed by atoms with E-state index in [9.17, 15) is 20.1 Å². The van der Waals surface area contributed by atoms with Crippen LogP contribution in [-0.2, 0) is 6.42 Å². The highest BCUT2D eigenvalue weighted by atomic mass is 16.5. The molecule has 1 aliphatic heterocycles. The Morgan fingerprint density at radius 2 is 1.87 bits per heavy atom. The summed E-state index contributed by atoms with van der Waals surface area (Å²) in [5.41, 5.74) is 4.08. The van der Waals surface area contributed by atoms with Gasteiger partial charge in [-0.25, -0.2) is 0 Å².